The van der Waals surface area contributed by atoms with Gasteiger partial charge < -0.3 is 11.5 Å². The molecule has 2 aromatic rings. The lowest BCUT2D eigenvalue weighted by atomic mass is 10.2. The number of nitrogen functional groups attached to an aromatic ring is 2. The van der Waals surface area contributed by atoms with Gasteiger partial charge >= 0.3 is 0 Å². The zero-order valence-electron chi connectivity index (χ0n) is 7.56. The molecule has 4 N–H and O–H groups in total. The standard InChI is InChI=1S/C8H9N5S/c1-4-5(7-11-2-3-14-7)12-8(10)13-6(4)9/h2-3H,1H3,(H4,9,10,12,13). The Bertz CT molecular complexity index is 451. The third-order valence-corrected chi connectivity index (χ3v) is 2.62. The molecule has 0 saturated heterocycles. The lowest BCUT2D eigenvalue weighted by Crippen LogP contribution is -2.04. The molecule has 6 heteroatoms. The van der Waals surface area contributed by atoms with Crippen LogP contribution in [0.25, 0.3) is 10.7 Å². The minimum absolute atomic E-state index is 0.179. The molecular weight excluding hydrogens is 198 g/mol. The van der Waals surface area contributed by atoms with Crippen LogP contribution in [0.1, 0.15) is 5.56 Å². The summed E-state index contributed by atoms with van der Waals surface area (Å²) in [5.41, 5.74) is 12.7. The predicted molar refractivity (Wildman–Crippen MR) is 56.7 cm³/mol. The third kappa shape index (κ3) is 1.39. The second-order valence-electron chi connectivity index (χ2n) is 2.78. The molecule has 0 bridgehead atoms. The second kappa shape index (κ2) is 3.22. The van der Waals surface area contributed by atoms with Crippen LogP contribution in [-0.4, -0.2) is 15.0 Å². The molecule has 2 rings (SSSR count). The van der Waals surface area contributed by atoms with Crippen molar-refractivity contribution in [2.75, 3.05) is 11.5 Å². The summed E-state index contributed by atoms with van der Waals surface area (Å²) in [6.07, 6.45) is 1.72. The summed E-state index contributed by atoms with van der Waals surface area (Å²) in [7, 11) is 0. The minimum atomic E-state index is 0.179. The number of anilines is 2. The predicted octanol–water partition coefficient (Wildman–Crippen LogP) is 1.07. The Labute approximate surface area is 84.8 Å². The Morgan fingerprint density at radius 2 is 2.07 bits per heavy atom. The summed E-state index contributed by atoms with van der Waals surface area (Å²) < 4.78 is 0. The van der Waals surface area contributed by atoms with E-state index in [4.69, 9.17) is 11.5 Å². The van der Waals surface area contributed by atoms with Crippen molar-refractivity contribution in [1.82, 2.24) is 15.0 Å². The van der Waals surface area contributed by atoms with Crippen LogP contribution in [0, 0.1) is 6.92 Å². The lowest BCUT2D eigenvalue weighted by molar-refractivity contribution is 1.15. The highest BCUT2D eigenvalue weighted by Crippen LogP contribution is 2.26. The van der Waals surface area contributed by atoms with Crippen molar-refractivity contribution in [2.24, 2.45) is 0 Å². The van der Waals surface area contributed by atoms with E-state index in [-0.39, 0.29) is 5.95 Å². The number of hydrogen-bond acceptors (Lipinski definition) is 6. The Morgan fingerprint density at radius 1 is 1.29 bits per heavy atom. The van der Waals surface area contributed by atoms with E-state index >= 15 is 0 Å². The molecule has 0 unspecified atom stereocenters. The SMILES string of the molecule is Cc1c(N)nc(N)nc1-c1nccs1. The number of aromatic nitrogens is 3. The van der Waals surface area contributed by atoms with Crippen LogP contribution in [0.3, 0.4) is 0 Å². The first-order valence-corrected chi connectivity index (χ1v) is 4.86. The summed E-state index contributed by atoms with van der Waals surface area (Å²) >= 11 is 1.50. The van der Waals surface area contributed by atoms with Gasteiger partial charge in [0.2, 0.25) is 5.95 Å². The Morgan fingerprint density at radius 3 is 2.71 bits per heavy atom. The van der Waals surface area contributed by atoms with Crippen molar-refractivity contribution in [1.29, 1.82) is 0 Å². The van der Waals surface area contributed by atoms with Gasteiger partial charge in [-0.25, -0.2) is 9.97 Å². The van der Waals surface area contributed by atoms with E-state index in [1.807, 2.05) is 12.3 Å². The highest BCUT2D eigenvalue weighted by molar-refractivity contribution is 7.13. The van der Waals surface area contributed by atoms with Gasteiger partial charge in [-0.1, -0.05) is 0 Å². The van der Waals surface area contributed by atoms with Crippen LogP contribution in [0.2, 0.25) is 0 Å². The van der Waals surface area contributed by atoms with E-state index in [0.29, 0.717) is 11.5 Å². The maximum Gasteiger partial charge on any atom is 0.222 e. The Balaban J connectivity index is 2.64. The van der Waals surface area contributed by atoms with Crippen LogP contribution in [0.4, 0.5) is 11.8 Å². The first kappa shape index (κ1) is 8.89. The van der Waals surface area contributed by atoms with E-state index in [9.17, 15) is 0 Å². The van der Waals surface area contributed by atoms with Crippen LogP contribution in [0.15, 0.2) is 11.6 Å². The van der Waals surface area contributed by atoms with Gasteiger partial charge in [0.25, 0.3) is 0 Å². The zero-order chi connectivity index (χ0) is 10.1. The number of nitrogens with two attached hydrogens (primary N) is 2. The first-order valence-electron chi connectivity index (χ1n) is 3.98. The van der Waals surface area contributed by atoms with E-state index in [1.165, 1.54) is 11.3 Å². The molecule has 72 valence electrons. The molecule has 5 nitrogen and oxygen atoms in total. The van der Waals surface area contributed by atoms with Crippen LogP contribution >= 0.6 is 11.3 Å². The normalized spacial score (nSPS) is 10.4. The molecule has 2 heterocycles. The smallest absolute Gasteiger partial charge is 0.222 e. The molecule has 0 atom stereocenters. The largest absolute Gasteiger partial charge is 0.383 e. The molecule has 0 aromatic carbocycles. The molecule has 14 heavy (non-hydrogen) atoms. The summed E-state index contributed by atoms with van der Waals surface area (Å²) in [5.74, 6) is 0.584. The number of rotatable bonds is 1. The molecular formula is C8H9N5S. The van der Waals surface area contributed by atoms with Gasteiger partial charge in [-0.05, 0) is 6.92 Å². The molecule has 2 aromatic heterocycles. The molecule has 0 amide bonds. The van der Waals surface area contributed by atoms with Crippen molar-refractivity contribution in [2.45, 2.75) is 6.92 Å². The first-order chi connectivity index (χ1) is 6.68. The van der Waals surface area contributed by atoms with Crippen molar-refractivity contribution >= 4 is 23.1 Å². The van der Waals surface area contributed by atoms with Gasteiger partial charge in [-0.3, -0.25) is 0 Å². The number of nitrogens with zero attached hydrogens (tertiary/aromatic N) is 3. The average molecular weight is 207 g/mol. The highest BCUT2D eigenvalue weighted by Gasteiger charge is 2.10. The number of thiazole rings is 1. The molecule has 0 saturated carbocycles. The van der Waals surface area contributed by atoms with Crippen molar-refractivity contribution in [3.05, 3.63) is 17.1 Å². The molecule has 0 aliphatic rings. The highest BCUT2D eigenvalue weighted by atomic mass is 32.1. The van der Waals surface area contributed by atoms with Gasteiger partial charge in [-0.15, -0.1) is 11.3 Å². The molecule has 0 radical (unpaired) electrons. The van der Waals surface area contributed by atoms with E-state index < -0.39 is 0 Å². The van der Waals surface area contributed by atoms with E-state index in [1.54, 1.807) is 6.20 Å². The van der Waals surface area contributed by atoms with Gasteiger partial charge in [-0.2, -0.15) is 4.98 Å². The lowest BCUT2D eigenvalue weighted by Gasteiger charge is -2.04. The minimum Gasteiger partial charge on any atom is -0.383 e. The van der Waals surface area contributed by atoms with Crippen molar-refractivity contribution in [3.63, 3.8) is 0 Å². The monoisotopic (exact) mass is 207 g/mol. The van der Waals surface area contributed by atoms with Crippen molar-refractivity contribution in [3.8, 4) is 10.7 Å². The molecule has 0 spiro atoms. The van der Waals surface area contributed by atoms with E-state index in [2.05, 4.69) is 15.0 Å². The molecule has 0 aliphatic heterocycles. The quantitative estimate of drug-likeness (QED) is 0.730. The fourth-order valence-corrected chi connectivity index (χ4v) is 1.78. The maximum absolute atomic E-state index is 5.67. The maximum atomic E-state index is 5.67. The van der Waals surface area contributed by atoms with Crippen LogP contribution < -0.4 is 11.5 Å². The van der Waals surface area contributed by atoms with Crippen molar-refractivity contribution < 1.29 is 0 Å². The third-order valence-electron chi connectivity index (χ3n) is 1.84. The Hall–Kier alpha value is -1.69. The van der Waals surface area contributed by atoms with Gasteiger partial charge in [0, 0.05) is 17.1 Å². The van der Waals surface area contributed by atoms with Gasteiger partial charge in [0.15, 0.2) is 0 Å². The van der Waals surface area contributed by atoms with Gasteiger partial charge in [0.1, 0.15) is 16.5 Å². The zero-order valence-corrected chi connectivity index (χ0v) is 8.38. The summed E-state index contributed by atoms with van der Waals surface area (Å²) in [6, 6.07) is 0. The summed E-state index contributed by atoms with van der Waals surface area (Å²) in [6.45, 7) is 1.85. The fraction of sp³-hybridized carbons (Fsp3) is 0.125. The summed E-state index contributed by atoms with van der Waals surface area (Å²) in [5, 5.41) is 2.69. The van der Waals surface area contributed by atoms with Crippen LogP contribution in [0.5, 0.6) is 0 Å². The number of hydrogen-bond donors (Lipinski definition) is 2. The second-order valence-corrected chi connectivity index (χ2v) is 3.67. The van der Waals surface area contributed by atoms with E-state index in [0.717, 1.165) is 10.6 Å². The van der Waals surface area contributed by atoms with Gasteiger partial charge in [0.05, 0.1) is 0 Å². The molecule has 0 aliphatic carbocycles. The average Bonchev–Trinajstić information content (AvgIpc) is 2.63. The van der Waals surface area contributed by atoms with Crippen LogP contribution in [-0.2, 0) is 0 Å². The topological polar surface area (TPSA) is 90.7 Å². The Kier molecular flexibility index (Phi) is 2.05. The molecule has 0 fully saturated rings. The summed E-state index contributed by atoms with van der Waals surface area (Å²) in [4.78, 5) is 12.1. The fourth-order valence-electron chi connectivity index (χ4n) is 1.10.